The van der Waals surface area contributed by atoms with E-state index in [1.807, 2.05) is 35.2 Å². The molecule has 2 aliphatic heterocycles. The summed E-state index contributed by atoms with van der Waals surface area (Å²) >= 11 is 0. The van der Waals surface area contributed by atoms with Crippen molar-refractivity contribution in [1.29, 1.82) is 5.26 Å². The standard InChI is InChI=1S/C25H25FN4O3/c1-17(31)28-15-21-16-30(25(32)33-21)20-7-8-24(23(26)13-20)29-11-9-19(10-12-29)22(14-27)18-5-3-2-4-6-18/h2-8,13,21H,9-12,15-16H2,1H3,(H,28,31)/t21-/m0/s1. The Morgan fingerprint density at radius 3 is 2.58 bits per heavy atom. The summed E-state index contributed by atoms with van der Waals surface area (Å²) in [7, 11) is 0. The normalized spacial score (nSPS) is 18.0. The Balaban J connectivity index is 1.43. The first-order chi connectivity index (χ1) is 16.0. The van der Waals surface area contributed by atoms with Gasteiger partial charge in [0, 0.05) is 20.0 Å². The van der Waals surface area contributed by atoms with Gasteiger partial charge in [-0.15, -0.1) is 0 Å². The summed E-state index contributed by atoms with van der Waals surface area (Å²) in [4.78, 5) is 26.6. The molecule has 0 spiro atoms. The van der Waals surface area contributed by atoms with Crippen LogP contribution in [0.25, 0.3) is 5.57 Å². The van der Waals surface area contributed by atoms with E-state index in [1.165, 1.54) is 17.9 Å². The van der Waals surface area contributed by atoms with Crippen molar-refractivity contribution in [2.24, 2.45) is 0 Å². The molecule has 0 saturated carbocycles. The highest BCUT2D eigenvalue weighted by Gasteiger charge is 2.33. The van der Waals surface area contributed by atoms with Crippen LogP contribution in [0.4, 0.5) is 20.6 Å². The van der Waals surface area contributed by atoms with Crippen molar-refractivity contribution in [3.05, 3.63) is 65.5 Å². The maximum Gasteiger partial charge on any atom is 0.414 e. The molecule has 2 heterocycles. The van der Waals surface area contributed by atoms with Gasteiger partial charge in [-0.1, -0.05) is 30.3 Å². The van der Waals surface area contributed by atoms with Gasteiger partial charge in [0.05, 0.1) is 36.1 Å². The van der Waals surface area contributed by atoms with Crippen LogP contribution in [0, 0.1) is 17.1 Å². The van der Waals surface area contributed by atoms with Crippen molar-refractivity contribution in [2.75, 3.05) is 36.0 Å². The van der Waals surface area contributed by atoms with E-state index < -0.39 is 18.0 Å². The van der Waals surface area contributed by atoms with Gasteiger partial charge in [0.2, 0.25) is 5.91 Å². The van der Waals surface area contributed by atoms with E-state index in [0.717, 1.165) is 11.1 Å². The zero-order chi connectivity index (χ0) is 23.4. The number of cyclic esters (lactones) is 1. The summed E-state index contributed by atoms with van der Waals surface area (Å²) in [5.41, 5.74) is 3.58. The second-order valence-electron chi connectivity index (χ2n) is 8.13. The van der Waals surface area contributed by atoms with Crippen molar-refractivity contribution in [1.82, 2.24) is 5.32 Å². The number of benzene rings is 2. The Morgan fingerprint density at radius 2 is 1.94 bits per heavy atom. The third-order valence-corrected chi connectivity index (χ3v) is 5.93. The van der Waals surface area contributed by atoms with Gasteiger partial charge in [0.15, 0.2) is 0 Å². The van der Waals surface area contributed by atoms with Crippen LogP contribution in [0.3, 0.4) is 0 Å². The Hall–Kier alpha value is -3.86. The van der Waals surface area contributed by atoms with E-state index in [-0.39, 0.29) is 19.0 Å². The molecule has 8 heteroatoms. The largest absolute Gasteiger partial charge is 0.442 e. The number of allylic oxidation sites excluding steroid dienone is 1. The average Bonchev–Trinajstić information content (AvgIpc) is 3.20. The summed E-state index contributed by atoms with van der Waals surface area (Å²) in [6, 6.07) is 16.7. The predicted molar refractivity (Wildman–Crippen MR) is 123 cm³/mol. The summed E-state index contributed by atoms with van der Waals surface area (Å²) in [5.74, 6) is -0.619. The molecule has 2 aromatic carbocycles. The van der Waals surface area contributed by atoms with Crippen molar-refractivity contribution in [3.8, 4) is 6.07 Å². The fourth-order valence-corrected chi connectivity index (χ4v) is 4.24. The number of ether oxygens (including phenoxy) is 1. The smallest absolute Gasteiger partial charge is 0.414 e. The molecule has 1 atom stereocenters. The van der Waals surface area contributed by atoms with Crippen LogP contribution >= 0.6 is 0 Å². The van der Waals surface area contributed by atoms with E-state index >= 15 is 4.39 Å². The number of carbonyl (C=O) groups is 2. The summed E-state index contributed by atoms with van der Waals surface area (Å²) in [6.07, 6.45) is 0.329. The van der Waals surface area contributed by atoms with E-state index in [9.17, 15) is 14.9 Å². The number of nitrogens with zero attached hydrogens (tertiary/aromatic N) is 3. The fraction of sp³-hybridized carbons (Fsp3) is 0.320. The Labute approximate surface area is 192 Å². The molecule has 0 unspecified atom stereocenters. The van der Waals surface area contributed by atoms with E-state index in [0.29, 0.717) is 42.9 Å². The highest BCUT2D eigenvalue weighted by atomic mass is 19.1. The molecule has 33 heavy (non-hydrogen) atoms. The molecule has 2 aromatic rings. The lowest BCUT2D eigenvalue weighted by molar-refractivity contribution is -0.119. The topological polar surface area (TPSA) is 85.7 Å². The maximum atomic E-state index is 15.0. The number of anilines is 2. The molecule has 2 amide bonds. The monoisotopic (exact) mass is 448 g/mol. The number of carbonyl (C=O) groups excluding carboxylic acids is 2. The van der Waals surface area contributed by atoms with E-state index in [1.54, 1.807) is 12.1 Å². The molecule has 170 valence electrons. The predicted octanol–water partition coefficient (Wildman–Crippen LogP) is 3.86. The fourth-order valence-electron chi connectivity index (χ4n) is 4.24. The maximum absolute atomic E-state index is 15.0. The highest BCUT2D eigenvalue weighted by Crippen LogP contribution is 2.32. The van der Waals surface area contributed by atoms with Gasteiger partial charge in [-0.2, -0.15) is 5.26 Å². The Bertz CT molecular complexity index is 1120. The second-order valence-corrected chi connectivity index (χ2v) is 8.13. The molecule has 4 rings (SSSR count). The molecule has 7 nitrogen and oxygen atoms in total. The summed E-state index contributed by atoms with van der Waals surface area (Å²) in [6.45, 7) is 3.06. The lowest BCUT2D eigenvalue weighted by Gasteiger charge is -2.31. The van der Waals surface area contributed by atoms with Gasteiger partial charge in [-0.3, -0.25) is 9.69 Å². The van der Waals surface area contributed by atoms with Gasteiger partial charge in [0.1, 0.15) is 11.9 Å². The third kappa shape index (κ3) is 4.98. The van der Waals surface area contributed by atoms with Crippen LogP contribution in [0.5, 0.6) is 0 Å². The van der Waals surface area contributed by atoms with Gasteiger partial charge in [-0.25, -0.2) is 9.18 Å². The molecular weight excluding hydrogens is 423 g/mol. The molecule has 0 aliphatic carbocycles. The van der Waals surface area contributed by atoms with Gasteiger partial charge in [0.25, 0.3) is 0 Å². The highest BCUT2D eigenvalue weighted by molar-refractivity contribution is 5.90. The molecule has 2 saturated heterocycles. The minimum absolute atomic E-state index is 0.204. The number of nitriles is 1. The first kappa shape index (κ1) is 22.3. The molecule has 0 radical (unpaired) electrons. The van der Waals surface area contributed by atoms with E-state index in [2.05, 4.69) is 11.4 Å². The zero-order valence-corrected chi connectivity index (χ0v) is 18.4. The number of halogens is 1. The van der Waals surface area contributed by atoms with Crippen LogP contribution < -0.4 is 15.1 Å². The lowest BCUT2D eigenvalue weighted by Crippen LogP contribution is -2.33. The SMILES string of the molecule is CC(=O)NC[C@H]1CN(c2ccc(N3CCC(=C(C#N)c4ccccc4)CC3)c(F)c2)C(=O)O1. The van der Waals surface area contributed by atoms with Crippen molar-refractivity contribution in [3.63, 3.8) is 0 Å². The minimum atomic E-state index is -0.560. The van der Waals surface area contributed by atoms with Gasteiger partial charge < -0.3 is 15.0 Å². The van der Waals surface area contributed by atoms with Crippen molar-refractivity contribution >= 4 is 28.9 Å². The van der Waals surface area contributed by atoms with Gasteiger partial charge in [-0.05, 0) is 42.2 Å². The summed E-state index contributed by atoms with van der Waals surface area (Å²) < 4.78 is 20.3. The lowest BCUT2D eigenvalue weighted by atomic mass is 9.93. The molecular formula is C25H25FN4O3. The van der Waals surface area contributed by atoms with Crippen LogP contribution in [0.1, 0.15) is 25.3 Å². The first-order valence-electron chi connectivity index (χ1n) is 10.9. The van der Waals surface area contributed by atoms with Crippen LogP contribution in [-0.2, 0) is 9.53 Å². The Morgan fingerprint density at radius 1 is 1.21 bits per heavy atom. The van der Waals surface area contributed by atoms with E-state index in [4.69, 9.17) is 4.74 Å². The average molecular weight is 448 g/mol. The van der Waals surface area contributed by atoms with Gasteiger partial charge >= 0.3 is 6.09 Å². The molecule has 0 bridgehead atoms. The van der Waals surface area contributed by atoms with Crippen molar-refractivity contribution in [2.45, 2.75) is 25.9 Å². The third-order valence-electron chi connectivity index (χ3n) is 5.93. The number of hydrogen-bond donors (Lipinski definition) is 1. The molecule has 0 aromatic heterocycles. The Kier molecular flexibility index (Phi) is 6.59. The number of amides is 2. The number of nitrogens with one attached hydrogen (secondary N) is 1. The van der Waals surface area contributed by atoms with Crippen LogP contribution in [0.15, 0.2) is 54.1 Å². The first-order valence-corrected chi connectivity index (χ1v) is 10.9. The van der Waals surface area contributed by atoms with Crippen LogP contribution in [-0.4, -0.2) is 44.3 Å². The molecule has 1 N–H and O–H groups in total. The quantitative estimate of drug-likeness (QED) is 0.702. The van der Waals surface area contributed by atoms with Crippen LogP contribution in [0.2, 0.25) is 0 Å². The van der Waals surface area contributed by atoms with Crippen molar-refractivity contribution < 1.29 is 18.7 Å². The number of hydrogen-bond acceptors (Lipinski definition) is 5. The minimum Gasteiger partial charge on any atom is -0.442 e. The number of rotatable bonds is 5. The summed E-state index contributed by atoms with van der Waals surface area (Å²) in [5, 5.41) is 12.3. The zero-order valence-electron chi connectivity index (χ0n) is 18.4. The second kappa shape index (κ2) is 9.74. The number of piperidine rings is 1. The molecule has 2 aliphatic rings. The molecule has 2 fully saturated rings.